The number of nitrogens with one attached hydrogen (secondary N) is 1. The fraction of sp³-hybridized carbons (Fsp3) is 0.800. The molecule has 2 N–H and O–H groups in total. The zero-order valence-corrected chi connectivity index (χ0v) is 9.03. The van der Waals surface area contributed by atoms with Crippen molar-refractivity contribution >= 4 is 11.9 Å². The monoisotopic (exact) mass is 214 g/mol. The summed E-state index contributed by atoms with van der Waals surface area (Å²) in [5.41, 5.74) is 0. The van der Waals surface area contributed by atoms with Gasteiger partial charge in [0.05, 0.1) is 6.42 Å². The van der Waals surface area contributed by atoms with Crippen molar-refractivity contribution in [2.75, 3.05) is 26.2 Å². The van der Waals surface area contributed by atoms with Crippen molar-refractivity contribution in [1.29, 1.82) is 0 Å². The molecule has 5 heteroatoms. The lowest BCUT2D eigenvalue weighted by Crippen LogP contribution is -2.29. The summed E-state index contributed by atoms with van der Waals surface area (Å²) in [5.74, 6) is -0.176. The van der Waals surface area contributed by atoms with Crippen LogP contribution in [0.2, 0.25) is 0 Å². The summed E-state index contributed by atoms with van der Waals surface area (Å²) in [6.07, 6.45) is 1.17. The van der Waals surface area contributed by atoms with E-state index in [1.807, 2.05) is 4.90 Å². The molecule has 0 spiro atoms. The first kappa shape index (κ1) is 12.0. The predicted molar refractivity (Wildman–Crippen MR) is 55.5 cm³/mol. The first-order valence-electron chi connectivity index (χ1n) is 5.27. The molecular formula is C10H18N2O3. The van der Waals surface area contributed by atoms with Crippen LogP contribution < -0.4 is 5.32 Å². The molecule has 1 rings (SSSR count). The van der Waals surface area contributed by atoms with E-state index in [-0.39, 0.29) is 12.3 Å². The third-order valence-corrected chi connectivity index (χ3v) is 2.68. The van der Waals surface area contributed by atoms with Crippen LogP contribution in [0.1, 0.15) is 19.8 Å². The number of carboxylic acid groups (broad SMARTS) is 1. The van der Waals surface area contributed by atoms with E-state index in [9.17, 15) is 9.59 Å². The molecule has 1 unspecified atom stereocenters. The molecule has 1 heterocycles. The maximum absolute atomic E-state index is 11.0. The Morgan fingerprint density at radius 2 is 2.27 bits per heavy atom. The molecule has 0 aromatic heterocycles. The van der Waals surface area contributed by atoms with Gasteiger partial charge in [-0.25, -0.2) is 0 Å². The van der Waals surface area contributed by atoms with Crippen LogP contribution in [0.15, 0.2) is 0 Å². The molecule has 1 fully saturated rings. The van der Waals surface area contributed by atoms with Crippen LogP contribution in [-0.4, -0.2) is 48.1 Å². The van der Waals surface area contributed by atoms with Crippen molar-refractivity contribution in [1.82, 2.24) is 10.2 Å². The summed E-state index contributed by atoms with van der Waals surface area (Å²) >= 11 is 0. The maximum atomic E-state index is 11.0. The lowest BCUT2D eigenvalue weighted by molar-refractivity contribution is -0.136. The Balaban J connectivity index is 2.09. The van der Waals surface area contributed by atoms with Gasteiger partial charge in [-0.3, -0.25) is 9.59 Å². The van der Waals surface area contributed by atoms with E-state index in [0.29, 0.717) is 12.5 Å². The first-order chi connectivity index (χ1) is 7.09. The Bertz CT molecular complexity index is 243. The number of carbonyl (C=O) groups excluding carboxylic acids is 1. The Hall–Kier alpha value is -1.10. The van der Waals surface area contributed by atoms with Crippen molar-refractivity contribution in [3.8, 4) is 0 Å². The molecule has 1 saturated heterocycles. The van der Waals surface area contributed by atoms with Gasteiger partial charge in [-0.2, -0.15) is 0 Å². The number of amides is 1. The van der Waals surface area contributed by atoms with E-state index in [1.54, 1.807) is 6.92 Å². The highest BCUT2D eigenvalue weighted by Gasteiger charge is 2.23. The zero-order chi connectivity index (χ0) is 11.3. The quantitative estimate of drug-likeness (QED) is 0.628. The average molecular weight is 214 g/mol. The van der Waals surface area contributed by atoms with Gasteiger partial charge in [0, 0.05) is 26.6 Å². The Morgan fingerprint density at radius 1 is 1.53 bits per heavy atom. The minimum Gasteiger partial charge on any atom is -0.481 e. The number of aliphatic carboxylic acids is 1. The van der Waals surface area contributed by atoms with Crippen molar-refractivity contribution in [3.63, 3.8) is 0 Å². The van der Waals surface area contributed by atoms with Crippen LogP contribution in [0, 0.1) is 5.92 Å². The highest BCUT2D eigenvalue weighted by atomic mass is 16.4. The second-order valence-electron chi connectivity index (χ2n) is 3.97. The van der Waals surface area contributed by atoms with E-state index >= 15 is 0 Å². The molecule has 1 aliphatic rings. The van der Waals surface area contributed by atoms with Gasteiger partial charge in [-0.05, 0) is 18.9 Å². The number of likely N-dealkylation sites (tertiary alicyclic amines) is 1. The summed E-state index contributed by atoms with van der Waals surface area (Å²) in [6, 6.07) is 0. The van der Waals surface area contributed by atoms with Crippen LogP contribution in [0.25, 0.3) is 0 Å². The molecular weight excluding hydrogens is 196 g/mol. The molecule has 1 atom stereocenters. The van der Waals surface area contributed by atoms with Crippen LogP contribution in [-0.2, 0) is 9.59 Å². The molecule has 86 valence electrons. The standard InChI is InChI=1S/C10H18N2O3/c1-8(13)12-5-3-9(7-12)6-11-4-2-10(14)15/h9,11H,2-7H2,1H3,(H,14,15). The van der Waals surface area contributed by atoms with Gasteiger partial charge in [0.2, 0.25) is 5.91 Å². The normalized spacial score (nSPS) is 20.6. The van der Waals surface area contributed by atoms with Gasteiger partial charge >= 0.3 is 5.97 Å². The highest BCUT2D eigenvalue weighted by molar-refractivity contribution is 5.73. The second-order valence-corrected chi connectivity index (χ2v) is 3.97. The Morgan fingerprint density at radius 3 is 2.80 bits per heavy atom. The lowest BCUT2D eigenvalue weighted by atomic mass is 10.1. The first-order valence-corrected chi connectivity index (χ1v) is 5.27. The van der Waals surface area contributed by atoms with Crippen LogP contribution >= 0.6 is 0 Å². The molecule has 5 nitrogen and oxygen atoms in total. The van der Waals surface area contributed by atoms with E-state index in [2.05, 4.69) is 5.32 Å². The number of carboxylic acids is 1. The molecule has 0 aromatic rings. The molecule has 1 amide bonds. The summed E-state index contributed by atoms with van der Waals surface area (Å²) in [5, 5.41) is 11.5. The van der Waals surface area contributed by atoms with Gasteiger partial charge in [0.15, 0.2) is 0 Å². The molecule has 1 aliphatic heterocycles. The third kappa shape index (κ3) is 4.29. The summed E-state index contributed by atoms with van der Waals surface area (Å²) in [7, 11) is 0. The van der Waals surface area contributed by atoms with Gasteiger partial charge < -0.3 is 15.3 Å². The third-order valence-electron chi connectivity index (χ3n) is 2.68. The summed E-state index contributed by atoms with van der Waals surface area (Å²) < 4.78 is 0. The largest absolute Gasteiger partial charge is 0.481 e. The lowest BCUT2D eigenvalue weighted by Gasteiger charge is -2.14. The molecule has 0 saturated carbocycles. The van der Waals surface area contributed by atoms with Gasteiger partial charge in [-0.15, -0.1) is 0 Å². The van der Waals surface area contributed by atoms with Crippen molar-refractivity contribution < 1.29 is 14.7 Å². The number of rotatable bonds is 5. The minimum atomic E-state index is -0.778. The number of carbonyl (C=O) groups is 2. The highest BCUT2D eigenvalue weighted by Crippen LogP contribution is 2.14. The number of hydrogen-bond acceptors (Lipinski definition) is 3. The van der Waals surface area contributed by atoms with Crippen LogP contribution in [0.4, 0.5) is 0 Å². The van der Waals surface area contributed by atoms with Crippen molar-refractivity contribution in [3.05, 3.63) is 0 Å². The summed E-state index contributed by atoms with van der Waals surface area (Å²) in [4.78, 5) is 23.1. The average Bonchev–Trinajstić information content (AvgIpc) is 2.60. The van der Waals surface area contributed by atoms with E-state index in [4.69, 9.17) is 5.11 Å². The topological polar surface area (TPSA) is 69.6 Å². The Labute approximate surface area is 89.4 Å². The van der Waals surface area contributed by atoms with Gasteiger partial charge in [-0.1, -0.05) is 0 Å². The van der Waals surface area contributed by atoms with Gasteiger partial charge in [0.1, 0.15) is 0 Å². The molecule has 0 aliphatic carbocycles. The SMILES string of the molecule is CC(=O)N1CCC(CNCCC(=O)O)C1. The molecule has 0 radical (unpaired) electrons. The van der Waals surface area contributed by atoms with Crippen molar-refractivity contribution in [2.24, 2.45) is 5.92 Å². The van der Waals surface area contributed by atoms with Crippen LogP contribution in [0.3, 0.4) is 0 Å². The molecule has 15 heavy (non-hydrogen) atoms. The van der Waals surface area contributed by atoms with Crippen molar-refractivity contribution in [2.45, 2.75) is 19.8 Å². The fourth-order valence-electron chi connectivity index (χ4n) is 1.79. The smallest absolute Gasteiger partial charge is 0.304 e. The molecule has 0 aromatic carbocycles. The minimum absolute atomic E-state index is 0.128. The van der Waals surface area contributed by atoms with Crippen LogP contribution in [0.5, 0.6) is 0 Å². The fourth-order valence-corrected chi connectivity index (χ4v) is 1.79. The Kier molecular flexibility index (Phi) is 4.55. The zero-order valence-electron chi connectivity index (χ0n) is 9.03. The van der Waals surface area contributed by atoms with E-state index in [0.717, 1.165) is 26.1 Å². The number of nitrogens with zero attached hydrogens (tertiary/aromatic N) is 1. The predicted octanol–water partition coefficient (Wildman–Crippen LogP) is -0.0809. The van der Waals surface area contributed by atoms with Gasteiger partial charge in [0.25, 0.3) is 0 Å². The second kappa shape index (κ2) is 5.70. The number of hydrogen-bond donors (Lipinski definition) is 2. The summed E-state index contributed by atoms with van der Waals surface area (Å²) in [6.45, 7) is 4.53. The maximum Gasteiger partial charge on any atom is 0.304 e. The van der Waals surface area contributed by atoms with E-state index < -0.39 is 5.97 Å². The molecule has 0 bridgehead atoms. The van der Waals surface area contributed by atoms with E-state index in [1.165, 1.54) is 0 Å².